The number of carbonyl (C=O) groups is 1. The first-order chi connectivity index (χ1) is 10.8. The van der Waals surface area contributed by atoms with Crippen molar-refractivity contribution in [1.82, 2.24) is 25.5 Å². The summed E-state index contributed by atoms with van der Waals surface area (Å²) >= 11 is 0. The molecule has 0 saturated carbocycles. The molecule has 1 heterocycles. The first kappa shape index (κ1) is 16.9. The van der Waals surface area contributed by atoms with Crippen molar-refractivity contribution in [3.05, 3.63) is 41.7 Å². The van der Waals surface area contributed by atoms with Gasteiger partial charge in [0.25, 0.3) is 0 Å². The molecule has 7 nitrogen and oxygen atoms in total. The van der Waals surface area contributed by atoms with Gasteiger partial charge in [0.05, 0.1) is 6.04 Å². The fourth-order valence-electron chi connectivity index (χ4n) is 2.13. The van der Waals surface area contributed by atoms with Crippen LogP contribution in [0.5, 0.6) is 0 Å². The van der Waals surface area contributed by atoms with Crippen LogP contribution in [0, 0.1) is 0 Å². The summed E-state index contributed by atoms with van der Waals surface area (Å²) in [5.41, 5.74) is 0.310. The van der Waals surface area contributed by atoms with Crippen LogP contribution in [0.3, 0.4) is 0 Å². The standard InChI is InChI=1S/C16H23N5O2/c1-11(2)21-14(18-19-20-21)13(12-9-7-6-8-10-12)17-15(22)23-16(3,4)5/h6-11,13H,1-5H3,(H,17,22). The smallest absolute Gasteiger partial charge is 0.408 e. The predicted octanol–water partition coefficient (Wildman–Crippen LogP) is 2.87. The van der Waals surface area contributed by atoms with Gasteiger partial charge in [-0.3, -0.25) is 0 Å². The topological polar surface area (TPSA) is 81.9 Å². The number of tetrazole rings is 1. The zero-order valence-corrected chi connectivity index (χ0v) is 14.1. The van der Waals surface area contributed by atoms with Crippen molar-refractivity contribution in [2.24, 2.45) is 0 Å². The number of nitrogens with zero attached hydrogens (tertiary/aromatic N) is 4. The Morgan fingerprint density at radius 1 is 1.22 bits per heavy atom. The highest BCUT2D eigenvalue weighted by molar-refractivity contribution is 5.69. The first-order valence-corrected chi connectivity index (χ1v) is 7.60. The molecule has 1 aromatic carbocycles. The van der Waals surface area contributed by atoms with Crippen LogP contribution in [0.1, 0.15) is 58.1 Å². The average molecular weight is 317 g/mol. The van der Waals surface area contributed by atoms with Crippen molar-refractivity contribution >= 4 is 6.09 Å². The van der Waals surface area contributed by atoms with E-state index in [2.05, 4.69) is 20.8 Å². The van der Waals surface area contributed by atoms with Crippen LogP contribution in [0.25, 0.3) is 0 Å². The SMILES string of the molecule is CC(C)n1nnnc1C(NC(=O)OC(C)(C)C)c1ccccc1. The van der Waals surface area contributed by atoms with Crippen molar-refractivity contribution < 1.29 is 9.53 Å². The van der Waals surface area contributed by atoms with Gasteiger partial charge in [0.2, 0.25) is 0 Å². The summed E-state index contributed by atoms with van der Waals surface area (Å²) in [5.74, 6) is 0.567. The molecule has 1 amide bonds. The molecule has 0 aliphatic rings. The summed E-state index contributed by atoms with van der Waals surface area (Å²) in [5, 5.41) is 14.7. The molecule has 1 unspecified atom stereocenters. The largest absolute Gasteiger partial charge is 0.444 e. The van der Waals surface area contributed by atoms with E-state index in [9.17, 15) is 4.79 Å². The van der Waals surface area contributed by atoms with Gasteiger partial charge in [-0.25, -0.2) is 9.48 Å². The van der Waals surface area contributed by atoms with Gasteiger partial charge < -0.3 is 10.1 Å². The minimum absolute atomic E-state index is 0.0756. The minimum atomic E-state index is -0.574. The summed E-state index contributed by atoms with van der Waals surface area (Å²) in [7, 11) is 0. The highest BCUT2D eigenvalue weighted by Gasteiger charge is 2.26. The molecule has 2 rings (SSSR count). The van der Waals surface area contributed by atoms with Crippen LogP contribution >= 0.6 is 0 Å². The molecule has 1 aromatic heterocycles. The summed E-state index contributed by atoms with van der Waals surface area (Å²) in [4.78, 5) is 12.2. The lowest BCUT2D eigenvalue weighted by molar-refractivity contribution is 0.0509. The minimum Gasteiger partial charge on any atom is -0.444 e. The van der Waals surface area contributed by atoms with Crippen molar-refractivity contribution in [2.45, 2.75) is 52.3 Å². The molecule has 0 aliphatic carbocycles. The zero-order valence-electron chi connectivity index (χ0n) is 14.1. The number of rotatable bonds is 4. The highest BCUT2D eigenvalue weighted by Crippen LogP contribution is 2.22. The second kappa shape index (κ2) is 6.76. The van der Waals surface area contributed by atoms with E-state index in [1.165, 1.54) is 0 Å². The van der Waals surface area contributed by atoms with Crippen LogP contribution in [0.2, 0.25) is 0 Å². The molecule has 2 aromatic rings. The number of nitrogens with one attached hydrogen (secondary N) is 1. The highest BCUT2D eigenvalue weighted by atomic mass is 16.6. The summed E-state index contributed by atoms with van der Waals surface area (Å²) < 4.78 is 7.05. The van der Waals surface area contributed by atoms with Gasteiger partial charge in [0, 0.05) is 0 Å². The molecule has 0 spiro atoms. The number of alkyl carbamates (subject to hydrolysis) is 1. The van der Waals surface area contributed by atoms with Gasteiger partial charge in [0.15, 0.2) is 5.82 Å². The number of hydrogen-bond acceptors (Lipinski definition) is 5. The van der Waals surface area contributed by atoms with E-state index >= 15 is 0 Å². The molecule has 0 aliphatic heterocycles. The first-order valence-electron chi connectivity index (χ1n) is 7.60. The second-order valence-electron chi connectivity index (χ2n) is 6.57. The van der Waals surface area contributed by atoms with Gasteiger partial charge in [-0.1, -0.05) is 30.3 Å². The normalized spacial score (nSPS) is 13.0. The lowest BCUT2D eigenvalue weighted by Gasteiger charge is -2.24. The van der Waals surface area contributed by atoms with Crippen LogP contribution in [0.15, 0.2) is 30.3 Å². The Hall–Kier alpha value is -2.44. The quantitative estimate of drug-likeness (QED) is 0.937. The Morgan fingerprint density at radius 3 is 2.43 bits per heavy atom. The monoisotopic (exact) mass is 317 g/mol. The number of hydrogen-bond donors (Lipinski definition) is 1. The van der Waals surface area contributed by atoms with Crippen molar-refractivity contribution in [1.29, 1.82) is 0 Å². The number of benzene rings is 1. The van der Waals surface area contributed by atoms with Crippen molar-refractivity contribution in [2.75, 3.05) is 0 Å². The van der Waals surface area contributed by atoms with E-state index < -0.39 is 17.7 Å². The van der Waals surface area contributed by atoms with Gasteiger partial charge in [-0.15, -0.1) is 5.10 Å². The van der Waals surface area contributed by atoms with Crippen LogP contribution in [0.4, 0.5) is 4.79 Å². The molecule has 0 radical (unpaired) electrons. The van der Waals surface area contributed by atoms with E-state index in [-0.39, 0.29) is 6.04 Å². The number of ether oxygens (including phenoxy) is 1. The second-order valence-corrected chi connectivity index (χ2v) is 6.57. The lowest BCUT2D eigenvalue weighted by atomic mass is 10.1. The Balaban J connectivity index is 2.33. The van der Waals surface area contributed by atoms with Gasteiger partial charge in [-0.2, -0.15) is 0 Å². The maximum absolute atomic E-state index is 12.2. The van der Waals surface area contributed by atoms with E-state index in [1.807, 2.05) is 65.0 Å². The predicted molar refractivity (Wildman–Crippen MR) is 85.9 cm³/mol. The van der Waals surface area contributed by atoms with Gasteiger partial charge >= 0.3 is 6.09 Å². The van der Waals surface area contributed by atoms with E-state index in [4.69, 9.17) is 4.74 Å². The fourth-order valence-corrected chi connectivity index (χ4v) is 2.13. The molecule has 124 valence electrons. The van der Waals surface area contributed by atoms with Crippen LogP contribution < -0.4 is 5.32 Å². The Morgan fingerprint density at radius 2 is 1.87 bits per heavy atom. The number of aromatic nitrogens is 4. The molecular weight excluding hydrogens is 294 g/mol. The van der Waals surface area contributed by atoms with Gasteiger partial charge in [0.1, 0.15) is 11.6 Å². The number of amides is 1. The molecule has 0 fully saturated rings. The third-order valence-electron chi connectivity index (χ3n) is 3.06. The average Bonchev–Trinajstić information content (AvgIpc) is 2.93. The van der Waals surface area contributed by atoms with E-state index in [0.29, 0.717) is 5.82 Å². The molecule has 1 N–H and O–H groups in total. The zero-order chi connectivity index (χ0) is 17.0. The summed E-state index contributed by atoms with van der Waals surface area (Å²) in [6.45, 7) is 9.43. The third-order valence-corrected chi connectivity index (χ3v) is 3.06. The maximum Gasteiger partial charge on any atom is 0.408 e. The number of carbonyl (C=O) groups excluding carboxylic acids is 1. The lowest BCUT2D eigenvalue weighted by Crippen LogP contribution is -2.36. The van der Waals surface area contributed by atoms with Crippen molar-refractivity contribution in [3.8, 4) is 0 Å². The summed E-state index contributed by atoms with van der Waals surface area (Å²) in [6, 6.07) is 9.16. The van der Waals surface area contributed by atoms with E-state index in [1.54, 1.807) is 4.68 Å². The molecule has 1 atom stereocenters. The van der Waals surface area contributed by atoms with E-state index in [0.717, 1.165) is 5.56 Å². The molecule has 7 heteroatoms. The fraction of sp³-hybridized carbons (Fsp3) is 0.500. The summed E-state index contributed by atoms with van der Waals surface area (Å²) in [6.07, 6.45) is -0.510. The van der Waals surface area contributed by atoms with Gasteiger partial charge in [-0.05, 0) is 50.6 Å². The molecular formula is C16H23N5O2. The molecule has 0 bridgehead atoms. The molecule has 0 saturated heterocycles. The Labute approximate surface area is 136 Å². The van der Waals surface area contributed by atoms with Crippen molar-refractivity contribution in [3.63, 3.8) is 0 Å². The van der Waals surface area contributed by atoms with Crippen LogP contribution in [-0.4, -0.2) is 31.9 Å². The van der Waals surface area contributed by atoms with Crippen LogP contribution in [-0.2, 0) is 4.74 Å². The third kappa shape index (κ3) is 4.51. The Bertz CT molecular complexity index is 646. The Kier molecular flexibility index (Phi) is 4.98. The molecule has 23 heavy (non-hydrogen) atoms. The maximum atomic E-state index is 12.2.